The van der Waals surface area contributed by atoms with Gasteiger partial charge >= 0.3 is 0 Å². The van der Waals surface area contributed by atoms with Gasteiger partial charge in [-0.3, -0.25) is 4.79 Å². The lowest BCUT2D eigenvalue weighted by Crippen LogP contribution is -2.31. The number of anilines is 2. The predicted octanol–water partition coefficient (Wildman–Crippen LogP) is 4.43. The molecule has 3 nitrogen and oxygen atoms in total. The van der Waals surface area contributed by atoms with Gasteiger partial charge in [0.1, 0.15) is 6.04 Å². The van der Waals surface area contributed by atoms with E-state index in [1.807, 2.05) is 30.3 Å². The number of hydrogen-bond acceptors (Lipinski definition) is 2. The molecule has 2 aromatic carbocycles. The Labute approximate surface area is 127 Å². The fourth-order valence-corrected chi connectivity index (χ4v) is 2.14. The first-order chi connectivity index (χ1) is 9.56. The lowest BCUT2D eigenvalue weighted by molar-refractivity contribution is -0.116. The minimum Gasteiger partial charge on any atom is -0.374 e. The summed E-state index contributed by atoms with van der Waals surface area (Å²) < 4.78 is 0. The zero-order valence-electron chi connectivity index (χ0n) is 10.9. The molecule has 0 aromatic heterocycles. The van der Waals surface area contributed by atoms with Gasteiger partial charge in [0.2, 0.25) is 5.91 Å². The van der Waals surface area contributed by atoms with Crippen molar-refractivity contribution in [1.82, 2.24) is 0 Å². The third-order valence-electron chi connectivity index (χ3n) is 2.74. The van der Waals surface area contributed by atoms with E-state index in [1.54, 1.807) is 25.1 Å². The first kappa shape index (κ1) is 14.7. The van der Waals surface area contributed by atoms with Crippen LogP contribution < -0.4 is 10.6 Å². The standard InChI is InChI=1S/C15H14Cl2N2O/c1-10(18-12-5-3-2-4-6-12)15(20)19-14-8-7-11(16)9-13(14)17/h2-10,18H,1H3,(H,19,20). The third kappa shape index (κ3) is 3.89. The molecule has 2 N–H and O–H groups in total. The average molecular weight is 309 g/mol. The van der Waals surface area contributed by atoms with E-state index in [-0.39, 0.29) is 11.9 Å². The van der Waals surface area contributed by atoms with Gasteiger partial charge in [0.05, 0.1) is 10.7 Å². The van der Waals surface area contributed by atoms with E-state index in [9.17, 15) is 4.79 Å². The molecule has 0 saturated heterocycles. The number of rotatable bonds is 4. The van der Waals surface area contributed by atoms with Gasteiger partial charge < -0.3 is 10.6 Å². The van der Waals surface area contributed by atoms with Crippen molar-refractivity contribution in [1.29, 1.82) is 0 Å². The topological polar surface area (TPSA) is 41.1 Å². The minimum absolute atomic E-state index is 0.168. The van der Waals surface area contributed by atoms with Crippen LogP contribution in [0.1, 0.15) is 6.92 Å². The fraction of sp³-hybridized carbons (Fsp3) is 0.133. The van der Waals surface area contributed by atoms with Crippen molar-refractivity contribution in [3.8, 4) is 0 Å². The van der Waals surface area contributed by atoms with Crippen molar-refractivity contribution < 1.29 is 4.79 Å². The number of carbonyl (C=O) groups excluding carboxylic acids is 1. The average Bonchev–Trinajstić information content (AvgIpc) is 2.43. The quantitative estimate of drug-likeness (QED) is 0.877. The molecular weight excluding hydrogens is 295 g/mol. The van der Waals surface area contributed by atoms with Crippen LogP contribution in [0.2, 0.25) is 10.0 Å². The van der Waals surface area contributed by atoms with E-state index in [2.05, 4.69) is 10.6 Å². The summed E-state index contributed by atoms with van der Waals surface area (Å²) in [6.07, 6.45) is 0. The van der Waals surface area contributed by atoms with E-state index in [0.717, 1.165) is 5.69 Å². The predicted molar refractivity (Wildman–Crippen MR) is 84.6 cm³/mol. The molecule has 1 atom stereocenters. The van der Waals surface area contributed by atoms with Gasteiger partial charge in [-0.15, -0.1) is 0 Å². The van der Waals surface area contributed by atoms with Gasteiger partial charge in [-0.1, -0.05) is 41.4 Å². The molecular formula is C15H14Cl2N2O. The van der Waals surface area contributed by atoms with Crippen molar-refractivity contribution in [2.24, 2.45) is 0 Å². The van der Waals surface area contributed by atoms with Crippen LogP contribution in [0.4, 0.5) is 11.4 Å². The minimum atomic E-state index is -0.385. The molecule has 104 valence electrons. The van der Waals surface area contributed by atoms with Crippen LogP contribution in [-0.4, -0.2) is 11.9 Å². The Bertz CT molecular complexity index is 602. The van der Waals surface area contributed by atoms with Gasteiger partial charge in [0.25, 0.3) is 0 Å². The van der Waals surface area contributed by atoms with Crippen molar-refractivity contribution >= 4 is 40.5 Å². The highest BCUT2D eigenvalue weighted by Gasteiger charge is 2.14. The van der Waals surface area contributed by atoms with Crippen LogP contribution >= 0.6 is 23.2 Å². The number of benzene rings is 2. The second-order valence-electron chi connectivity index (χ2n) is 4.35. The largest absolute Gasteiger partial charge is 0.374 e. The highest BCUT2D eigenvalue weighted by atomic mass is 35.5. The van der Waals surface area contributed by atoms with Gasteiger partial charge in [-0.25, -0.2) is 0 Å². The van der Waals surface area contributed by atoms with Gasteiger partial charge in [0, 0.05) is 10.7 Å². The van der Waals surface area contributed by atoms with Crippen molar-refractivity contribution in [2.45, 2.75) is 13.0 Å². The second kappa shape index (κ2) is 6.64. The maximum atomic E-state index is 12.1. The number of para-hydroxylation sites is 1. The molecule has 0 spiro atoms. The summed E-state index contributed by atoms with van der Waals surface area (Å²) in [5.74, 6) is -0.168. The zero-order valence-corrected chi connectivity index (χ0v) is 12.4. The first-order valence-electron chi connectivity index (χ1n) is 6.14. The van der Waals surface area contributed by atoms with Crippen LogP contribution in [0.3, 0.4) is 0 Å². The van der Waals surface area contributed by atoms with Gasteiger partial charge in [0.15, 0.2) is 0 Å². The molecule has 0 aliphatic rings. The number of amides is 1. The Hall–Kier alpha value is -1.71. The van der Waals surface area contributed by atoms with Crippen molar-refractivity contribution in [3.05, 3.63) is 58.6 Å². The summed E-state index contributed by atoms with van der Waals surface area (Å²) in [6, 6.07) is 14.1. The second-order valence-corrected chi connectivity index (χ2v) is 5.19. The fourth-order valence-electron chi connectivity index (χ4n) is 1.68. The number of halogens is 2. The summed E-state index contributed by atoms with van der Waals surface area (Å²) in [7, 11) is 0. The summed E-state index contributed by atoms with van der Waals surface area (Å²) in [5, 5.41) is 6.82. The summed E-state index contributed by atoms with van der Waals surface area (Å²) in [5.41, 5.74) is 1.43. The molecule has 0 aliphatic carbocycles. The molecule has 0 heterocycles. The Balaban J connectivity index is 2.01. The van der Waals surface area contributed by atoms with Crippen molar-refractivity contribution in [3.63, 3.8) is 0 Å². The van der Waals surface area contributed by atoms with Crippen LogP contribution in [-0.2, 0) is 4.79 Å². The number of hydrogen-bond donors (Lipinski definition) is 2. The molecule has 20 heavy (non-hydrogen) atoms. The van der Waals surface area contributed by atoms with E-state index < -0.39 is 0 Å². The van der Waals surface area contributed by atoms with E-state index in [1.165, 1.54) is 0 Å². The Morgan fingerprint density at radius 3 is 2.45 bits per heavy atom. The number of carbonyl (C=O) groups is 1. The zero-order chi connectivity index (χ0) is 14.5. The highest BCUT2D eigenvalue weighted by molar-refractivity contribution is 6.36. The van der Waals surface area contributed by atoms with Gasteiger partial charge in [-0.2, -0.15) is 0 Å². The smallest absolute Gasteiger partial charge is 0.246 e. The lowest BCUT2D eigenvalue weighted by atomic mass is 10.2. The highest BCUT2D eigenvalue weighted by Crippen LogP contribution is 2.25. The molecule has 1 unspecified atom stereocenters. The molecule has 2 aromatic rings. The van der Waals surface area contributed by atoms with Crippen LogP contribution in [0.25, 0.3) is 0 Å². The SMILES string of the molecule is CC(Nc1ccccc1)C(=O)Nc1ccc(Cl)cc1Cl. The molecule has 0 radical (unpaired) electrons. The van der Waals surface area contributed by atoms with Crippen molar-refractivity contribution in [2.75, 3.05) is 10.6 Å². The van der Waals surface area contributed by atoms with Crippen LogP contribution in [0.5, 0.6) is 0 Å². The molecule has 2 rings (SSSR count). The molecule has 0 bridgehead atoms. The van der Waals surface area contributed by atoms with E-state index >= 15 is 0 Å². The summed E-state index contributed by atoms with van der Waals surface area (Å²) in [4.78, 5) is 12.1. The van der Waals surface area contributed by atoms with Crippen LogP contribution in [0, 0.1) is 0 Å². The van der Waals surface area contributed by atoms with E-state index in [4.69, 9.17) is 23.2 Å². The molecule has 0 fully saturated rings. The molecule has 5 heteroatoms. The third-order valence-corrected chi connectivity index (χ3v) is 3.29. The van der Waals surface area contributed by atoms with Gasteiger partial charge in [-0.05, 0) is 37.3 Å². The molecule has 0 aliphatic heterocycles. The normalized spacial score (nSPS) is 11.8. The Kier molecular flexibility index (Phi) is 4.88. The number of nitrogens with one attached hydrogen (secondary N) is 2. The summed E-state index contributed by atoms with van der Waals surface area (Å²) in [6.45, 7) is 1.78. The maximum Gasteiger partial charge on any atom is 0.246 e. The van der Waals surface area contributed by atoms with Crippen LogP contribution in [0.15, 0.2) is 48.5 Å². The Morgan fingerprint density at radius 1 is 1.10 bits per heavy atom. The monoisotopic (exact) mass is 308 g/mol. The first-order valence-corrected chi connectivity index (χ1v) is 6.89. The maximum absolute atomic E-state index is 12.1. The Morgan fingerprint density at radius 2 is 1.80 bits per heavy atom. The molecule has 0 saturated carbocycles. The lowest BCUT2D eigenvalue weighted by Gasteiger charge is -2.16. The van der Waals surface area contributed by atoms with E-state index in [0.29, 0.717) is 15.7 Å². The molecule has 1 amide bonds. The summed E-state index contributed by atoms with van der Waals surface area (Å²) >= 11 is 11.8.